The summed E-state index contributed by atoms with van der Waals surface area (Å²) < 4.78 is 5.57. The number of nitrogens with zero attached hydrogens (tertiary/aromatic N) is 3. The van der Waals surface area contributed by atoms with Crippen molar-refractivity contribution < 1.29 is 14.0 Å². The van der Waals surface area contributed by atoms with E-state index >= 15 is 0 Å². The van der Waals surface area contributed by atoms with Gasteiger partial charge in [0, 0.05) is 25.2 Å². The molecule has 1 unspecified atom stereocenters. The van der Waals surface area contributed by atoms with Gasteiger partial charge in [-0.15, -0.1) is 0 Å². The average Bonchev–Trinajstić information content (AvgIpc) is 3.15. The lowest BCUT2D eigenvalue weighted by molar-refractivity contribution is -0.146. The second-order valence-corrected chi connectivity index (χ2v) is 9.37. The first kappa shape index (κ1) is 20.9. The maximum Gasteiger partial charge on any atom is 0.349 e. The Kier molecular flexibility index (Phi) is 5.35. The average molecular weight is 436 g/mol. The highest BCUT2D eigenvalue weighted by Gasteiger charge is 2.53. The summed E-state index contributed by atoms with van der Waals surface area (Å²) in [5, 5.41) is 0. The zero-order chi connectivity index (χ0) is 22.3. The number of hydrogen-bond acceptors (Lipinski definition) is 5. The van der Waals surface area contributed by atoms with E-state index in [1.54, 1.807) is 18.0 Å². The quantitative estimate of drug-likeness (QED) is 0.735. The molecule has 0 bridgehead atoms. The molecule has 3 aliphatic rings. The fourth-order valence-electron chi connectivity index (χ4n) is 5.48. The molecule has 0 radical (unpaired) electrons. The van der Waals surface area contributed by atoms with Crippen LogP contribution in [0.4, 0.5) is 0 Å². The van der Waals surface area contributed by atoms with Gasteiger partial charge in [0.1, 0.15) is 16.9 Å². The van der Waals surface area contributed by atoms with Gasteiger partial charge in [-0.25, -0.2) is 4.79 Å². The number of piperidine rings is 1. The van der Waals surface area contributed by atoms with E-state index in [9.17, 15) is 14.4 Å². The van der Waals surface area contributed by atoms with Crippen molar-refractivity contribution in [2.24, 2.45) is 0 Å². The van der Waals surface area contributed by atoms with Crippen molar-refractivity contribution in [1.29, 1.82) is 0 Å². The fraction of sp³-hybridized carbons (Fsp3) is 0.520. The molecule has 5 rings (SSSR count). The van der Waals surface area contributed by atoms with Gasteiger partial charge in [0.15, 0.2) is 0 Å². The third-order valence-corrected chi connectivity index (χ3v) is 7.41. The number of pyridine rings is 1. The van der Waals surface area contributed by atoms with Gasteiger partial charge in [-0.05, 0) is 69.2 Å². The molecule has 7 nitrogen and oxygen atoms in total. The first-order chi connectivity index (χ1) is 15.5. The Morgan fingerprint density at radius 3 is 2.59 bits per heavy atom. The molecule has 1 atom stereocenters. The van der Waals surface area contributed by atoms with Crippen LogP contribution in [-0.4, -0.2) is 45.2 Å². The van der Waals surface area contributed by atoms with Crippen LogP contribution in [0, 0.1) is 6.92 Å². The minimum atomic E-state index is -0.879. The SMILES string of the molecule is Cc1cc(C2CCC2)oc(=O)c1C(=O)N1CCCC12CCCN(Cc1ccccn1)C2=O. The van der Waals surface area contributed by atoms with Crippen molar-refractivity contribution >= 4 is 11.8 Å². The summed E-state index contributed by atoms with van der Waals surface area (Å²) in [5.41, 5.74) is 0.0903. The zero-order valence-corrected chi connectivity index (χ0v) is 18.5. The maximum atomic E-state index is 13.7. The Balaban J connectivity index is 1.43. The van der Waals surface area contributed by atoms with E-state index in [2.05, 4.69) is 4.98 Å². The monoisotopic (exact) mass is 435 g/mol. The highest BCUT2D eigenvalue weighted by atomic mass is 16.4. The molecule has 32 heavy (non-hydrogen) atoms. The van der Waals surface area contributed by atoms with Crippen LogP contribution < -0.4 is 5.63 Å². The van der Waals surface area contributed by atoms with E-state index in [1.165, 1.54) is 0 Å². The molecule has 2 aromatic rings. The molecule has 4 heterocycles. The Labute approximate surface area is 187 Å². The number of carbonyl (C=O) groups excluding carboxylic acids is 2. The molecule has 1 spiro atoms. The van der Waals surface area contributed by atoms with E-state index in [-0.39, 0.29) is 23.3 Å². The first-order valence-electron chi connectivity index (χ1n) is 11.7. The van der Waals surface area contributed by atoms with Crippen LogP contribution in [0.2, 0.25) is 0 Å². The summed E-state index contributed by atoms with van der Waals surface area (Å²) in [6.45, 7) is 3.35. The largest absolute Gasteiger partial charge is 0.427 e. The molecule has 2 aliphatic heterocycles. The number of amides is 2. The van der Waals surface area contributed by atoms with Crippen LogP contribution in [0.1, 0.15) is 78.2 Å². The highest BCUT2D eigenvalue weighted by molar-refractivity contribution is 6.00. The molecule has 2 amide bonds. The van der Waals surface area contributed by atoms with Crippen molar-refractivity contribution in [1.82, 2.24) is 14.8 Å². The van der Waals surface area contributed by atoms with Gasteiger partial charge >= 0.3 is 5.63 Å². The lowest BCUT2D eigenvalue weighted by Crippen LogP contribution is -2.61. The molecule has 7 heteroatoms. The Morgan fingerprint density at radius 2 is 1.94 bits per heavy atom. The van der Waals surface area contributed by atoms with E-state index in [0.29, 0.717) is 43.8 Å². The van der Waals surface area contributed by atoms with E-state index in [4.69, 9.17) is 4.42 Å². The van der Waals surface area contributed by atoms with Gasteiger partial charge in [0.2, 0.25) is 5.91 Å². The minimum Gasteiger partial charge on any atom is -0.427 e. The third kappa shape index (κ3) is 3.44. The summed E-state index contributed by atoms with van der Waals surface area (Å²) in [6.07, 6.45) is 7.72. The first-order valence-corrected chi connectivity index (χ1v) is 11.7. The summed E-state index contributed by atoms with van der Waals surface area (Å²) in [4.78, 5) is 47.9. The molecule has 2 aromatic heterocycles. The van der Waals surface area contributed by atoms with E-state index in [0.717, 1.165) is 37.8 Å². The second kappa shape index (κ2) is 8.19. The fourth-order valence-corrected chi connectivity index (χ4v) is 5.48. The van der Waals surface area contributed by atoms with Gasteiger partial charge < -0.3 is 14.2 Å². The van der Waals surface area contributed by atoms with Crippen molar-refractivity contribution in [3.8, 4) is 0 Å². The highest BCUT2D eigenvalue weighted by Crippen LogP contribution is 2.40. The van der Waals surface area contributed by atoms with Gasteiger partial charge in [-0.3, -0.25) is 14.6 Å². The molecular weight excluding hydrogens is 406 g/mol. The van der Waals surface area contributed by atoms with Gasteiger partial charge in [-0.1, -0.05) is 12.5 Å². The smallest absolute Gasteiger partial charge is 0.349 e. The van der Waals surface area contributed by atoms with Crippen molar-refractivity contribution in [3.63, 3.8) is 0 Å². The zero-order valence-electron chi connectivity index (χ0n) is 18.5. The number of aromatic nitrogens is 1. The Hall–Kier alpha value is -2.96. The van der Waals surface area contributed by atoms with Crippen molar-refractivity contribution in [2.75, 3.05) is 13.1 Å². The second-order valence-electron chi connectivity index (χ2n) is 9.37. The Bertz CT molecular complexity index is 1090. The summed E-state index contributed by atoms with van der Waals surface area (Å²) in [5.74, 6) is 0.556. The number of aryl methyl sites for hydroxylation is 1. The number of likely N-dealkylation sites (tertiary alicyclic amines) is 2. The van der Waals surface area contributed by atoms with Crippen LogP contribution in [-0.2, 0) is 11.3 Å². The van der Waals surface area contributed by atoms with Gasteiger partial charge in [0.25, 0.3) is 5.91 Å². The minimum absolute atomic E-state index is 0.0339. The number of rotatable bonds is 4. The molecule has 3 fully saturated rings. The lowest BCUT2D eigenvalue weighted by Gasteiger charge is -2.44. The maximum absolute atomic E-state index is 13.7. The number of hydrogen-bond donors (Lipinski definition) is 0. The summed E-state index contributed by atoms with van der Waals surface area (Å²) >= 11 is 0. The Morgan fingerprint density at radius 1 is 1.16 bits per heavy atom. The molecule has 1 saturated carbocycles. The van der Waals surface area contributed by atoms with Gasteiger partial charge in [0.05, 0.1) is 12.2 Å². The van der Waals surface area contributed by atoms with Crippen LogP contribution >= 0.6 is 0 Å². The molecular formula is C25H29N3O4. The van der Waals surface area contributed by atoms with Crippen molar-refractivity contribution in [2.45, 2.75) is 69.9 Å². The van der Waals surface area contributed by atoms with Crippen LogP contribution in [0.15, 0.2) is 39.7 Å². The normalized spacial score (nSPS) is 23.6. The standard InChI is InChI=1S/C25H29N3O4/c1-17-15-20(18-7-4-8-18)32-23(30)21(17)22(29)28-14-6-11-25(28)10-5-13-27(24(25)31)16-19-9-2-3-12-26-19/h2-3,9,12,15,18H,4-8,10-11,13-14,16H2,1H3. The topological polar surface area (TPSA) is 83.7 Å². The predicted octanol–water partition coefficient (Wildman–Crippen LogP) is 3.41. The molecule has 168 valence electrons. The number of carbonyl (C=O) groups is 2. The van der Waals surface area contributed by atoms with Gasteiger partial charge in [-0.2, -0.15) is 0 Å². The summed E-state index contributed by atoms with van der Waals surface area (Å²) in [7, 11) is 0. The molecule has 0 N–H and O–H groups in total. The van der Waals surface area contributed by atoms with Crippen LogP contribution in [0.5, 0.6) is 0 Å². The lowest BCUT2D eigenvalue weighted by atomic mass is 9.83. The van der Waals surface area contributed by atoms with E-state index < -0.39 is 11.2 Å². The van der Waals surface area contributed by atoms with Crippen molar-refractivity contribution in [3.05, 3.63) is 63.5 Å². The molecule has 0 aromatic carbocycles. The molecule has 2 saturated heterocycles. The molecule has 1 aliphatic carbocycles. The predicted molar refractivity (Wildman–Crippen MR) is 118 cm³/mol. The third-order valence-electron chi connectivity index (χ3n) is 7.41. The van der Waals surface area contributed by atoms with E-state index in [1.807, 2.05) is 29.2 Å². The van der Waals surface area contributed by atoms with Crippen LogP contribution in [0.25, 0.3) is 0 Å². The van der Waals surface area contributed by atoms with Crippen LogP contribution in [0.3, 0.4) is 0 Å². The summed E-state index contributed by atoms with van der Waals surface area (Å²) in [6, 6.07) is 7.51.